The number of hydrogen-bond donors (Lipinski definition) is 2. The van der Waals surface area contributed by atoms with Crippen molar-refractivity contribution in [3.63, 3.8) is 0 Å². The van der Waals surface area contributed by atoms with Crippen molar-refractivity contribution in [2.45, 2.75) is 13.3 Å². The standard InChI is InChI=1S/C14H19N3O3/c1-10-8-11(16-13(18)4-5-15)2-3-12(10)17-6-7-20-9-14(17)19/h2-3,8H,4-7,9,15H2,1H3,(H,16,18). The first-order valence-corrected chi connectivity index (χ1v) is 6.60. The molecule has 0 atom stereocenters. The monoisotopic (exact) mass is 277 g/mol. The molecule has 6 nitrogen and oxygen atoms in total. The summed E-state index contributed by atoms with van der Waals surface area (Å²) in [6.07, 6.45) is 0.294. The number of nitrogens with one attached hydrogen (secondary N) is 1. The lowest BCUT2D eigenvalue weighted by molar-refractivity contribution is -0.125. The van der Waals surface area contributed by atoms with Crippen LogP contribution in [0.4, 0.5) is 11.4 Å². The lowest BCUT2D eigenvalue weighted by Crippen LogP contribution is -2.42. The molecule has 0 aromatic heterocycles. The normalized spacial score (nSPS) is 15.3. The molecule has 20 heavy (non-hydrogen) atoms. The molecular formula is C14H19N3O3. The van der Waals surface area contributed by atoms with Gasteiger partial charge < -0.3 is 20.7 Å². The van der Waals surface area contributed by atoms with E-state index in [1.165, 1.54) is 0 Å². The molecule has 2 amide bonds. The second-order valence-electron chi connectivity index (χ2n) is 4.69. The third-order valence-electron chi connectivity index (χ3n) is 3.13. The maximum atomic E-state index is 11.8. The van der Waals surface area contributed by atoms with E-state index in [0.717, 1.165) is 11.3 Å². The Hall–Kier alpha value is -1.92. The van der Waals surface area contributed by atoms with Crippen LogP contribution in [0.5, 0.6) is 0 Å². The maximum absolute atomic E-state index is 11.8. The molecule has 0 aliphatic carbocycles. The minimum absolute atomic E-state index is 0.0423. The molecule has 2 rings (SSSR count). The van der Waals surface area contributed by atoms with Crippen molar-refractivity contribution < 1.29 is 14.3 Å². The van der Waals surface area contributed by atoms with E-state index in [-0.39, 0.29) is 18.4 Å². The van der Waals surface area contributed by atoms with E-state index in [4.69, 9.17) is 10.5 Å². The van der Waals surface area contributed by atoms with E-state index >= 15 is 0 Å². The summed E-state index contributed by atoms with van der Waals surface area (Å²) >= 11 is 0. The van der Waals surface area contributed by atoms with Crippen molar-refractivity contribution in [3.05, 3.63) is 23.8 Å². The van der Waals surface area contributed by atoms with Gasteiger partial charge in [0.2, 0.25) is 5.91 Å². The zero-order chi connectivity index (χ0) is 14.5. The van der Waals surface area contributed by atoms with E-state index in [1.807, 2.05) is 19.1 Å². The van der Waals surface area contributed by atoms with Gasteiger partial charge >= 0.3 is 0 Å². The fourth-order valence-electron chi connectivity index (χ4n) is 2.16. The topological polar surface area (TPSA) is 84.7 Å². The van der Waals surface area contributed by atoms with Crippen molar-refractivity contribution in [2.24, 2.45) is 5.73 Å². The van der Waals surface area contributed by atoms with Gasteiger partial charge in [-0.1, -0.05) is 0 Å². The van der Waals surface area contributed by atoms with Crippen LogP contribution >= 0.6 is 0 Å². The third kappa shape index (κ3) is 3.34. The van der Waals surface area contributed by atoms with Crippen LogP contribution in [-0.2, 0) is 14.3 Å². The summed E-state index contributed by atoms with van der Waals surface area (Å²) in [5.74, 6) is -0.152. The van der Waals surface area contributed by atoms with Crippen LogP contribution in [0.15, 0.2) is 18.2 Å². The smallest absolute Gasteiger partial charge is 0.253 e. The zero-order valence-corrected chi connectivity index (χ0v) is 11.5. The SMILES string of the molecule is Cc1cc(NC(=O)CCN)ccc1N1CCOCC1=O. The molecule has 3 N–H and O–H groups in total. The molecule has 1 saturated heterocycles. The lowest BCUT2D eigenvalue weighted by atomic mass is 10.1. The number of nitrogens with zero attached hydrogens (tertiary/aromatic N) is 1. The first kappa shape index (κ1) is 14.5. The number of nitrogens with two attached hydrogens (primary N) is 1. The largest absolute Gasteiger partial charge is 0.370 e. The maximum Gasteiger partial charge on any atom is 0.253 e. The van der Waals surface area contributed by atoms with Gasteiger partial charge in [0.05, 0.1) is 6.61 Å². The van der Waals surface area contributed by atoms with Gasteiger partial charge in [0.15, 0.2) is 0 Å². The molecular weight excluding hydrogens is 258 g/mol. The molecule has 108 valence electrons. The van der Waals surface area contributed by atoms with E-state index in [1.54, 1.807) is 11.0 Å². The molecule has 0 radical (unpaired) electrons. The van der Waals surface area contributed by atoms with Crippen LogP contribution in [0.3, 0.4) is 0 Å². The number of rotatable bonds is 4. The van der Waals surface area contributed by atoms with E-state index in [0.29, 0.717) is 31.8 Å². The number of hydrogen-bond acceptors (Lipinski definition) is 4. The molecule has 0 unspecified atom stereocenters. The summed E-state index contributed by atoms with van der Waals surface area (Å²) in [5.41, 5.74) is 7.84. The van der Waals surface area contributed by atoms with Crippen molar-refractivity contribution in [1.29, 1.82) is 0 Å². The fraction of sp³-hybridized carbons (Fsp3) is 0.429. The van der Waals surface area contributed by atoms with Gasteiger partial charge in [-0.25, -0.2) is 0 Å². The Morgan fingerprint density at radius 1 is 1.50 bits per heavy atom. The number of carbonyl (C=O) groups excluding carboxylic acids is 2. The molecule has 1 aliphatic heterocycles. The van der Waals surface area contributed by atoms with Gasteiger partial charge in [-0.05, 0) is 30.7 Å². The van der Waals surface area contributed by atoms with Crippen molar-refractivity contribution in [3.8, 4) is 0 Å². The highest BCUT2D eigenvalue weighted by molar-refractivity contribution is 5.96. The summed E-state index contributed by atoms with van der Waals surface area (Å²) in [6, 6.07) is 5.49. The number of anilines is 2. The number of ether oxygens (including phenoxy) is 1. The number of morpholine rings is 1. The minimum Gasteiger partial charge on any atom is -0.370 e. The predicted molar refractivity (Wildman–Crippen MR) is 76.7 cm³/mol. The quantitative estimate of drug-likeness (QED) is 0.846. The average Bonchev–Trinajstić information content (AvgIpc) is 2.40. The summed E-state index contributed by atoms with van der Waals surface area (Å²) in [6.45, 7) is 3.45. The number of aryl methyl sites for hydroxylation is 1. The summed E-state index contributed by atoms with van der Waals surface area (Å²) in [5, 5.41) is 2.78. The number of benzene rings is 1. The molecule has 1 fully saturated rings. The van der Waals surface area contributed by atoms with Gasteiger partial charge in [-0.2, -0.15) is 0 Å². The van der Waals surface area contributed by atoms with Gasteiger partial charge in [-0.15, -0.1) is 0 Å². The first-order valence-electron chi connectivity index (χ1n) is 6.60. The summed E-state index contributed by atoms with van der Waals surface area (Å²) < 4.78 is 5.12. The second-order valence-corrected chi connectivity index (χ2v) is 4.69. The Labute approximate surface area is 117 Å². The van der Waals surface area contributed by atoms with Gasteiger partial charge in [0.1, 0.15) is 6.61 Å². The molecule has 0 spiro atoms. The Balaban J connectivity index is 2.13. The van der Waals surface area contributed by atoms with E-state index < -0.39 is 0 Å². The molecule has 1 aromatic carbocycles. The van der Waals surface area contributed by atoms with E-state index in [9.17, 15) is 9.59 Å². The summed E-state index contributed by atoms with van der Waals surface area (Å²) in [7, 11) is 0. The highest BCUT2D eigenvalue weighted by Gasteiger charge is 2.21. The summed E-state index contributed by atoms with van der Waals surface area (Å²) in [4.78, 5) is 25.0. The van der Waals surface area contributed by atoms with Gasteiger partial charge in [-0.3, -0.25) is 9.59 Å². The number of amides is 2. The van der Waals surface area contributed by atoms with E-state index in [2.05, 4.69) is 5.32 Å². The molecule has 0 saturated carbocycles. The highest BCUT2D eigenvalue weighted by Crippen LogP contribution is 2.24. The zero-order valence-electron chi connectivity index (χ0n) is 11.5. The minimum atomic E-state index is -0.109. The highest BCUT2D eigenvalue weighted by atomic mass is 16.5. The Kier molecular flexibility index (Phi) is 4.70. The van der Waals surface area contributed by atoms with Crippen LogP contribution in [0, 0.1) is 6.92 Å². The fourth-order valence-corrected chi connectivity index (χ4v) is 2.16. The van der Waals surface area contributed by atoms with Crippen LogP contribution < -0.4 is 16.0 Å². The van der Waals surface area contributed by atoms with Crippen LogP contribution in [0.1, 0.15) is 12.0 Å². The van der Waals surface area contributed by atoms with Crippen LogP contribution in [0.25, 0.3) is 0 Å². The van der Waals surface area contributed by atoms with Gasteiger partial charge in [0, 0.05) is 30.9 Å². The Morgan fingerprint density at radius 3 is 2.95 bits per heavy atom. The second kappa shape index (κ2) is 6.49. The lowest BCUT2D eigenvalue weighted by Gasteiger charge is -2.28. The molecule has 6 heteroatoms. The third-order valence-corrected chi connectivity index (χ3v) is 3.13. The van der Waals surface area contributed by atoms with Crippen LogP contribution in [-0.4, -0.2) is 38.1 Å². The molecule has 1 aromatic rings. The van der Waals surface area contributed by atoms with Crippen molar-refractivity contribution in [2.75, 3.05) is 36.5 Å². The van der Waals surface area contributed by atoms with Crippen molar-refractivity contribution >= 4 is 23.2 Å². The Bertz CT molecular complexity index is 516. The first-order chi connectivity index (χ1) is 9.61. The molecule has 1 aliphatic rings. The van der Waals surface area contributed by atoms with Gasteiger partial charge in [0.25, 0.3) is 5.91 Å². The predicted octanol–water partition coefficient (Wildman–Crippen LogP) is 0.646. The molecule has 1 heterocycles. The van der Waals surface area contributed by atoms with Crippen molar-refractivity contribution in [1.82, 2.24) is 0 Å². The Morgan fingerprint density at radius 2 is 2.30 bits per heavy atom. The number of carbonyl (C=O) groups is 2. The molecule has 0 bridgehead atoms. The van der Waals surface area contributed by atoms with Crippen LogP contribution in [0.2, 0.25) is 0 Å². The average molecular weight is 277 g/mol.